The highest BCUT2D eigenvalue weighted by Gasteiger charge is 2.36. The molecular formula is C15H26N4O3. The average molecular weight is 310 g/mol. The van der Waals surface area contributed by atoms with Gasteiger partial charge in [0.25, 0.3) is 5.91 Å². The van der Waals surface area contributed by atoms with Crippen molar-refractivity contribution in [1.29, 1.82) is 0 Å². The summed E-state index contributed by atoms with van der Waals surface area (Å²) in [4.78, 5) is 14.4. The number of carbonyl (C=O) groups is 1. The lowest BCUT2D eigenvalue weighted by Crippen LogP contribution is -2.38. The fourth-order valence-electron chi connectivity index (χ4n) is 2.69. The van der Waals surface area contributed by atoms with E-state index in [0.717, 1.165) is 19.4 Å². The molecule has 1 aromatic heterocycles. The van der Waals surface area contributed by atoms with Crippen molar-refractivity contribution < 1.29 is 14.3 Å². The van der Waals surface area contributed by atoms with Gasteiger partial charge in [-0.3, -0.25) is 9.48 Å². The first-order valence-electron chi connectivity index (χ1n) is 7.78. The second-order valence-corrected chi connectivity index (χ2v) is 6.21. The predicted octanol–water partition coefficient (Wildman–Crippen LogP) is 1.20. The Morgan fingerprint density at radius 3 is 2.86 bits per heavy atom. The number of nitrogens with zero attached hydrogens (tertiary/aromatic N) is 4. The standard InChI is InChI=1S/C15H26N4O3/c1-11(2)5-6-18-9-14(16-17-18)15(20)19-8-13(22-4)7-12(19)10-21-3/h9,11-13H,5-8,10H2,1-4H3/t12-,13-/m0/s1. The molecule has 0 spiro atoms. The Kier molecular flexibility index (Phi) is 5.90. The maximum atomic E-state index is 12.6. The summed E-state index contributed by atoms with van der Waals surface area (Å²) in [5, 5.41) is 8.07. The third kappa shape index (κ3) is 4.04. The minimum atomic E-state index is -0.0996. The van der Waals surface area contributed by atoms with Crippen LogP contribution in [0, 0.1) is 5.92 Å². The van der Waals surface area contributed by atoms with Gasteiger partial charge in [-0.25, -0.2) is 0 Å². The molecule has 7 heteroatoms. The monoisotopic (exact) mass is 310 g/mol. The van der Waals surface area contributed by atoms with E-state index in [0.29, 0.717) is 24.8 Å². The van der Waals surface area contributed by atoms with Crippen molar-refractivity contribution in [2.75, 3.05) is 27.4 Å². The molecule has 22 heavy (non-hydrogen) atoms. The van der Waals surface area contributed by atoms with Crippen LogP contribution in [0.4, 0.5) is 0 Å². The number of ether oxygens (including phenoxy) is 2. The van der Waals surface area contributed by atoms with Crippen LogP contribution in [-0.4, -0.2) is 65.3 Å². The van der Waals surface area contributed by atoms with Gasteiger partial charge < -0.3 is 14.4 Å². The van der Waals surface area contributed by atoms with E-state index in [-0.39, 0.29) is 18.1 Å². The molecule has 7 nitrogen and oxygen atoms in total. The molecule has 0 radical (unpaired) electrons. The molecule has 2 rings (SSSR count). The molecule has 0 N–H and O–H groups in total. The van der Waals surface area contributed by atoms with Crippen LogP contribution < -0.4 is 0 Å². The number of hydrogen-bond acceptors (Lipinski definition) is 5. The van der Waals surface area contributed by atoms with Crippen LogP contribution in [0.3, 0.4) is 0 Å². The molecule has 2 atom stereocenters. The Bertz CT molecular complexity index is 489. The van der Waals surface area contributed by atoms with Crippen molar-refractivity contribution >= 4 is 5.91 Å². The number of amides is 1. The van der Waals surface area contributed by atoms with Gasteiger partial charge in [-0.05, 0) is 18.8 Å². The number of rotatable bonds is 7. The lowest BCUT2D eigenvalue weighted by Gasteiger charge is -2.22. The summed E-state index contributed by atoms with van der Waals surface area (Å²) in [6.07, 6.45) is 3.59. The smallest absolute Gasteiger partial charge is 0.276 e. The van der Waals surface area contributed by atoms with Gasteiger partial charge in [0.2, 0.25) is 0 Å². The molecule has 0 aliphatic carbocycles. The van der Waals surface area contributed by atoms with Crippen LogP contribution in [0.15, 0.2) is 6.20 Å². The second-order valence-electron chi connectivity index (χ2n) is 6.21. The van der Waals surface area contributed by atoms with E-state index in [2.05, 4.69) is 24.2 Å². The van der Waals surface area contributed by atoms with Gasteiger partial charge in [0.1, 0.15) is 0 Å². The molecule has 1 aliphatic rings. The maximum absolute atomic E-state index is 12.6. The fourth-order valence-corrected chi connectivity index (χ4v) is 2.69. The Hall–Kier alpha value is -1.47. The Morgan fingerprint density at radius 1 is 1.45 bits per heavy atom. The summed E-state index contributed by atoms with van der Waals surface area (Å²) in [5.74, 6) is 0.493. The van der Waals surface area contributed by atoms with E-state index in [1.807, 2.05) is 0 Å². The summed E-state index contributed by atoms with van der Waals surface area (Å²) in [6, 6.07) is 0.0308. The van der Waals surface area contributed by atoms with Crippen molar-refractivity contribution in [1.82, 2.24) is 19.9 Å². The summed E-state index contributed by atoms with van der Waals surface area (Å²) < 4.78 is 12.3. The molecule has 1 saturated heterocycles. The summed E-state index contributed by atoms with van der Waals surface area (Å²) in [6.45, 7) is 6.18. The number of likely N-dealkylation sites (tertiary alicyclic amines) is 1. The largest absolute Gasteiger partial charge is 0.383 e. The first kappa shape index (κ1) is 16.9. The lowest BCUT2D eigenvalue weighted by molar-refractivity contribution is 0.0606. The molecule has 0 unspecified atom stereocenters. The molecule has 1 fully saturated rings. The van der Waals surface area contributed by atoms with E-state index in [4.69, 9.17) is 9.47 Å². The normalized spacial score (nSPS) is 21.8. The second kappa shape index (κ2) is 7.69. The summed E-state index contributed by atoms with van der Waals surface area (Å²) >= 11 is 0. The molecule has 0 saturated carbocycles. The fraction of sp³-hybridized carbons (Fsp3) is 0.800. The van der Waals surface area contributed by atoms with Crippen LogP contribution >= 0.6 is 0 Å². The van der Waals surface area contributed by atoms with E-state index in [1.54, 1.807) is 30.0 Å². The van der Waals surface area contributed by atoms with Gasteiger partial charge in [-0.1, -0.05) is 19.1 Å². The number of aromatic nitrogens is 3. The number of aryl methyl sites for hydroxylation is 1. The Morgan fingerprint density at radius 2 is 2.23 bits per heavy atom. The van der Waals surface area contributed by atoms with Gasteiger partial charge >= 0.3 is 0 Å². The molecule has 2 heterocycles. The average Bonchev–Trinajstić information content (AvgIpc) is 3.11. The Labute approximate surface area is 131 Å². The van der Waals surface area contributed by atoms with Crippen LogP contribution in [0.5, 0.6) is 0 Å². The quantitative estimate of drug-likeness (QED) is 0.757. The SMILES string of the molecule is COC[C@@H]1C[C@H](OC)CN1C(=O)c1cn(CCC(C)C)nn1. The maximum Gasteiger partial charge on any atom is 0.276 e. The van der Waals surface area contributed by atoms with Crippen LogP contribution in [-0.2, 0) is 16.0 Å². The van der Waals surface area contributed by atoms with Crippen LogP contribution in [0.25, 0.3) is 0 Å². The zero-order valence-electron chi connectivity index (χ0n) is 13.9. The predicted molar refractivity (Wildman–Crippen MR) is 81.6 cm³/mol. The van der Waals surface area contributed by atoms with Crippen molar-refractivity contribution in [2.45, 2.75) is 45.4 Å². The van der Waals surface area contributed by atoms with Crippen molar-refractivity contribution in [3.8, 4) is 0 Å². The third-order valence-electron chi connectivity index (χ3n) is 4.02. The van der Waals surface area contributed by atoms with Gasteiger partial charge in [0, 0.05) is 27.3 Å². The minimum Gasteiger partial charge on any atom is -0.383 e. The number of hydrogen-bond donors (Lipinski definition) is 0. The van der Waals surface area contributed by atoms with Gasteiger partial charge in [0.05, 0.1) is 24.9 Å². The highest BCUT2D eigenvalue weighted by molar-refractivity contribution is 5.92. The first-order chi connectivity index (χ1) is 10.5. The van der Waals surface area contributed by atoms with E-state index in [1.165, 1.54) is 0 Å². The molecule has 0 aromatic carbocycles. The van der Waals surface area contributed by atoms with E-state index < -0.39 is 0 Å². The molecular weight excluding hydrogens is 284 g/mol. The first-order valence-corrected chi connectivity index (χ1v) is 7.78. The van der Waals surface area contributed by atoms with Crippen LogP contribution in [0.2, 0.25) is 0 Å². The molecule has 1 aromatic rings. The molecule has 124 valence electrons. The molecule has 1 aliphatic heterocycles. The zero-order valence-corrected chi connectivity index (χ0v) is 13.9. The van der Waals surface area contributed by atoms with Crippen LogP contribution in [0.1, 0.15) is 37.2 Å². The number of carbonyl (C=O) groups excluding carboxylic acids is 1. The topological polar surface area (TPSA) is 69.5 Å². The van der Waals surface area contributed by atoms with Crippen molar-refractivity contribution in [3.05, 3.63) is 11.9 Å². The summed E-state index contributed by atoms with van der Waals surface area (Å²) in [7, 11) is 3.32. The zero-order chi connectivity index (χ0) is 16.1. The van der Waals surface area contributed by atoms with Crippen molar-refractivity contribution in [2.24, 2.45) is 5.92 Å². The Balaban J connectivity index is 2.03. The van der Waals surface area contributed by atoms with Gasteiger partial charge in [-0.2, -0.15) is 0 Å². The number of methoxy groups -OCH3 is 2. The van der Waals surface area contributed by atoms with Crippen molar-refractivity contribution in [3.63, 3.8) is 0 Å². The highest BCUT2D eigenvalue weighted by atomic mass is 16.5. The van der Waals surface area contributed by atoms with Gasteiger partial charge in [-0.15, -0.1) is 5.10 Å². The summed E-state index contributed by atoms with van der Waals surface area (Å²) in [5.41, 5.74) is 0.390. The van der Waals surface area contributed by atoms with E-state index >= 15 is 0 Å². The third-order valence-corrected chi connectivity index (χ3v) is 4.02. The minimum absolute atomic E-state index is 0.0308. The molecule has 0 bridgehead atoms. The molecule has 1 amide bonds. The highest BCUT2D eigenvalue weighted by Crippen LogP contribution is 2.22. The van der Waals surface area contributed by atoms with Gasteiger partial charge in [0.15, 0.2) is 5.69 Å². The van der Waals surface area contributed by atoms with E-state index in [9.17, 15) is 4.79 Å². The lowest BCUT2D eigenvalue weighted by atomic mass is 10.1.